The number of phenols is 2. The van der Waals surface area contributed by atoms with Gasteiger partial charge < -0.3 is 96.7 Å². The van der Waals surface area contributed by atoms with Gasteiger partial charge in [0, 0.05) is 167 Å². The minimum atomic E-state index is -1.34. The molecule has 0 spiro atoms. The summed E-state index contributed by atoms with van der Waals surface area (Å²) in [5.74, 6) is 2.07. The van der Waals surface area contributed by atoms with Gasteiger partial charge in [0.2, 0.25) is 0 Å². The molecule has 0 bridgehead atoms. The van der Waals surface area contributed by atoms with Crippen molar-refractivity contribution in [2.24, 2.45) is 0 Å². The number of ether oxygens (including phenoxy) is 12. The third-order valence-corrected chi connectivity index (χ3v) is 30.4. The number of fused-ring (bicyclic) bond motifs is 4. The van der Waals surface area contributed by atoms with E-state index in [-0.39, 0.29) is 73.6 Å². The smallest absolute Gasteiger partial charge is 0.488 e. The molecule has 4 fully saturated rings. The maximum atomic E-state index is 10.2. The van der Waals surface area contributed by atoms with Crippen molar-refractivity contribution >= 4 is 80.1 Å². The lowest BCUT2D eigenvalue weighted by atomic mass is 9.69. The summed E-state index contributed by atoms with van der Waals surface area (Å²) in [6, 6.07) is 103. The molecule has 8 aliphatic rings. The van der Waals surface area contributed by atoms with E-state index in [0.717, 1.165) is 129 Å². The first-order valence-corrected chi connectivity index (χ1v) is 53.5. The second-order valence-corrected chi connectivity index (χ2v) is 40.0. The first-order valence-electron chi connectivity index (χ1n) is 51.5. The molecular weight excluding hydrogens is 1930 g/mol. The van der Waals surface area contributed by atoms with Crippen molar-refractivity contribution in [2.75, 3.05) is 162 Å². The molecule has 20 nitrogen and oxygen atoms in total. The van der Waals surface area contributed by atoms with Crippen LogP contribution in [0, 0.1) is 13.8 Å². The van der Waals surface area contributed by atoms with Gasteiger partial charge in [-0.15, -0.1) is 0 Å². The summed E-state index contributed by atoms with van der Waals surface area (Å²) in [5, 5.41) is 37.3. The van der Waals surface area contributed by atoms with Crippen LogP contribution in [-0.4, -0.2) is 219 Å². The van der Waals surface area contributed by atoms with Crippen molar-refractivity contribution in [3.63, 3.8) is 0 Å². The Balaban J connectivity index is 0.000000141. The van der Waals surface area contributed by atoms with E-state index in [9.17, 15) is 14.1 Å². The van der Waals surface area contributed by atoms with Crippen LogP contribution in [0.15, 0.2) is 296 Å². The number of hydrogen-bond acceptors (Lipinski definition) is 21. The standard InChI is InChI=1S/C31H35NO3.2C30H35NO4.C25H30BrNO3.C6H7BO2.CH3FS/c1-22-9-15-29-25(19-22)12-16-28(23-7-5-4-6-8-23)31(29)24-10-13-26(14-11-24)32-18-17-27(20-32)35-21-30(33-2)34-3;2*1-33-29(34-2)20-35-26-16-17-31(19-26)24-11-8-22(9-12-24)30-27(21-6-4-3-5-7-21)14-10-23-18-25(32)13-15-28(23)30;1-17-4-10-22-19(14-17)7-11-23(26)25(22)18-5-8-20(9-6-18)27-13-12-21(15-27)30-16-24(28-2)29-3;8-7(9)6-4-2-1-3-5-6;1-3-2/h4-11,13-15,19,27,30H,12,16-18,20-21H2,1-3H3;2*3-9,11-13,15,18,26-27,29-30,32H,10,14,16-17,19-20H2,1-2H3;4-6,8-10,14,21,24H,7,11-13,15-16H2,1-3H3;1-5,8-9H;1H3/t27-;26-,27?,30?;26-,27-,30+;21-;;/m0000../s1. The predicted molar refractivity (Wildman–Crippen MR) is 595 cm³/mol. The summed E-state index contributed by atoms with van der Waals surface area (Å²) in [4.78, 5) is 9.59. The second kappa shape index (κ2) is 55.6. The highest BCUT2D eigenvalue weighted by atomic mass is 79.9. The average molecular weight is 2080 g/mol. The number of phenolic OH excluding ortho intramolecular Hbond substituents is 2. The average Bonchev–Trinajstić information content (AvgIpc) is 1.15. The van der Waals surface area contributed by atoms with Gasteiger partial charge in [0.05, 0.1) is 50.8 Å². The number of rotatable bonds is 32. The van der Waals surface area contributed by atoms with E-state index in [1.807, 2.05) is 30.3 Å². The number of benzene rings is 12. The van der Waals surface area contributed by atoms with Gasteiger partial charge in [0.25, 0.3) is 0 Å². The zero-order chi connectivity index (χ0) is 103. The van der Waals surface area contributed by atoms with Gasteiger partial charge in [-0.25, -0.2) is 0 Å². The summed E-state index contributed by atoms with van der Waals surface area (Å²) in [6.07, 6.45) is 13.4. The molecule has 4 saturated heterocycles. The molecule has 0 amide bonds. The summed E-state index contributed by atoms with van der Waals surface area (Å²) >= 11 is 4.10. The van der Waals surface area contributed by atoms with Crippen LogP contribution in [0.4, 0.5) is 26.6 Å². The van der Waals surface area contributed by atoms with Gasteiger partial charge in [0.1, 0.15) is 11.5 Å². The Bertz CT molecular complexity index is 5930. The van der Waals surface area contributed by atoms with Crippen LogP contribution in [0.1, 0.15) is 170 Å². The Labute approximate surface area is 882 Å². The highest BCUT2D eigenvalue weighted by Gasteiger charge is 2.37. The van der Waals surface area contributed by atoms with E-state index in [1.165, 1.54) is 145 Å². The molecule has 4 aliphatic carbocycles. The van der Waals surface area contributed by atoms with Crippen molar-refractivity contribution in [3.8, 4) is 11.5 Å². The molecule has 0 radical (unpaired) electrons. The Morgan fingerprint density at radius 3 is 1.00 bits per heavy atom. The quantitative estimate of drug-likeness (QED) is 0.0229. The zero-order valence-corrected chi connectivity index (χ0v) is 89.2. The molecule has 0 saturated carbocycles. The molecule has 20 rings (SSSR count). The number of allylic oxidation sites excluding steroid dienone is 2. The number of aryl methyl sites for hydroxylation is 6. The van der Waals surface area contributed by atoms with Crippen LogP contribution in [0.5, 0.6) is 11.5 Å². The zero-order valence-electron chi connectivity index (χ0n) is 86.8. The van der Waals surface area contributed by atoms with Crippen molar-refractivity contribution in [1.82, 2.24) is 0 Å². The fourth-order valence-corrected chi connectivity index (χ4v) is 22.4. The van der Waals surface area contributed by atoms with Crippen LogP contribution in [0.2, 0.25) is 0 Å². The maximum absolute atomic E-state index is 10.2. The van der Waals surface area contributed by atoms with Gasteiger partial charge in [-0.3, -0.25) is 0 Å². The van der Waals surface area contributed by atoms with Crippen LogP contribution in [0.25, 0.3) is 16.7 Å². The molecule has 2 unspecified atom stereocenters. The Morgan fingerprint density at radius 1 is 0.340 bits per heavy atom. The lowest BCUT2D eigenvalue weighted by molar-refractivity contribution is -0.149. The summed E-state index contributed by atoms with van der Waals surface area (Å²) in [7, 11) is 11.8. The number of hydrogen-bond donors (Lipinski definition) is 4. The van der Waals surface area contributed by atoms with Crippen molar-refractivity contribution in [1.29, 1.82) is 0 Å². The van der Waals surface area contributed by atoms with E-state index >= 15 is 0 Å². The van der Waals surface area contributed by atoms with Crippen molar-refractivity contribution in [2.45, 2.75) is 164 Å². The number of aromatic hydroxyl groups is 2. The second-order valence-electron chi connectivity index (χ2n) is 38.7. The Hall–Kier alpha value is -10.8. The molecule has 4 heterocycles. The minimum absolute atomic E-state index is 0.183. The Kier molecular flexibility index (Phi) is 41.8. The molecule has 24 heteroatoms. The molecule has 12 aromatic rings. The maximum Gasteiger partial charge on any atom is 0.488 e. The van der Waals surface area contributed by atoms with Crippen molar-refractivity contribution in [3.05, 3.63) is 390 Å². The van der Waals surface area contributed by atoms with E-state index < -0.39 is 7.12 Å². The molecule has 8 atom stereocenters. The number of halogens is 2. The van der Waals surface area contributed by atoms with E-state index in [4.69, 9.17) is 66.9 Å². The molecule has 0 aromatic heterocycles. The van der Waals surface area contributed by atoms with Crippen LogP contribution in [0.3, 0.4) is 0 Å². The van der Waals surface area contributed by atoms with Gasteiger partial charge in [-0.05, 0) is 281 Å². The number of nitrogens with zero attached hydrogens (tertiary/aromatic N) is 4. The first-order chi connectivity index (χ1) is 71.8. The lowest BCUT2D eigenvalue weighted by Crippen LogP contribution is -2.29. The van der Waals surface area contributed by atoms with Crippen molar-refractivity contribution < 1.29 is 81.0 Å². The van der Waals surface area contributed by atoms with E-state index in [0.29, 0.717) is 55.2 Å². The molecular formula is C123H145BBrFN4O16S. The third kappa shape index (κ3) is 29.5. The van der Waals surface area contributed by atoms with E-state index in [1.54, 1.807) is 81.1 Å². The number of methoxy groups -OCH3 is 8. The molecule has 4 aliphatic heterocycles. The van der Waals surface area contributed by atoms with Crippen LogP contribution in [-0.2, 0) is 82.5 Å². The highest BCUT2D eigenvalue weighted by Crippen LogP contribution is 2.51. The molecule has 4 N–H and O–H groups in total. The summed E-state index contributed by atoms with van der Waals surface area (Å²) in [5.41, 5.74) is 32.4. The lowest BCUT2D eigenvalue weighted by Gasteiger charge is -2.35. The Morgan fingerprint density at radius 2 is 0.660 bits per heavy atom. The van der Waals surface area contributed by atoms with Crippen LogP contribution < -0.4 is 25.1 Å². The first kappa shape index (κ1) is 110. The van der Waals surface area contributed by atoms with Gasteiger partial charge in [-0.2, -0.15) is 3.89 Å². The molecule has 147 heavy (non-hydrogen) atoms. The fraction of sp³-hybridized carbons (Fsp3) is 0.382. The third-order valence-electron chi connectivity index (χ3n) is 29.6. The van der Waals surface area contributed by atoms with Gasteiger partial charge >= 0.3 is 7.12 Å². The molecule has 776 valence electrons. The number of anilines is 4. The van der Waals surface area contributed by atoms with Gasteiger partial charge in [0.15, 0.2) is 25.2 Å². The largest absolute Gasteiger partial charge is 0.508 e. The normalized spacial score (nSPS) is 19.2. The SMILES string of the molecule is COC(CO[C@H]1CCN(c2ccc(C3=C(Br)CCc4cc(C)ccc43)cc2)C1)OC.COC(CO[C@H]1CCN(c2ccc(C3=C(c4ccccc4)CCc4cc(C)ccc43)cc2)C1)OC.COC(CO[C@H]1CCN(c2ccc(C3c4ccc(O)cc4CCC3c3ccccc3)cc2)C1)OC.COC(CO[C@H]1CCN(c2ccc([C@H]3c4ccc(O)cc4CC[C@H]3c3ccccc3)cc2)C1)OC.CSF.OB(O)c1ccccc1. The van der Waals surface area contributed by atoms with Crippen LogP contribution >= 0.6 is 28.1 Å². The fourth-order valence-electron chi connectivity index (χ4n) is 21.8. The van der Waals surface area contributed by atoms with Gasteiger partial charge in [-0.1, -0.05) is 245 Å². The van der Waals surface area contributed by atoms with E-state index in [2.05, 4.69) is 286 Å². The predicted octanol–water partition coefficient (Wildman–Crippen LogP) is 23.0. The minimum Gasteiger partial charge on any atom is -0.508 e. The molecule has 12 aromatic carbocycles. The topological polar surface area (TPSA) is 205 Å². The summed E-state index contributed by atoms with van der Waals surface area (Å²) < 4.78 is 77.4. The monoisotopic (exact) mass is 2070 g/mol. The highest BCUT2D eigenvalue weighted by molar-refractivity contribution is 9.11. The summed E-state index contributed by atoms with van der Waals surface area (Å²) in [6.45, 7) is 13.7.